The fourth-order valence-electron chi connectivity index (χ4n) is 2.98. The molecule has 0 radical (unpaired) electrons. The molecular weight excluding hydrogens is 272 g/mol. The topological polar surface area (TPSA) is 25.4 Å². The lowest BCUT2D eigenvalue weighted by molar-refractivity contribution is 0.132. The Morgan fingerprint density at radius 1 is 1.18 bits per heavy atom. The molecule has 0 amide bonds. The van der Waals surface area contributed by atoms with Crippen molar-refractivity contribution >= 4 is 0 Å². The Labute approximate surface area is 132 Å². The second kappa shape index (κ2) is 7.41. The van der Waals surface area contributed by atoms with Crippen LogP contribution in [0.2, 0.25) is 0 Å². The van der Waals surface area contributed by atoms with Crippen molar-refractivity contribution in [2.45, 2.75) is 45.4 Å². The zero-order valence-corrected chi connectivity index (χ0v) is 13.2. The molecule has 1 aliphatic rings. The van der Waals surface area contributed by atoms with Crippen LogP contribution < -0.4 is 4.74 Å². The number of nitrogens with zero attached hydrogens (tertiary/aromatic N) is 2. The van der Waals surface area contributed by atoms with Gasteiger partial charge in [0.05, 0.1) is 5.69 Å². The average Bonchev–Trinajstić information content (AvgIpc) is 2.72. The smallest absolute Gasteiger partial charge is 0.124 e. The third kappa shape index (κ3) is 3.86. The van der Waals surface area contributed by atoms with E-state index < -0.39 is 0 Å². The minimum Gasteiger partial charge on any atom is -0.489 e. The van der Waals surface area contributed by atoms with Crippen LogP contribution in [0.15, 0.2) is 48.7 Å². The molecule has 0 bridgehead atoms. The van der Waals surface area contributed by atoms with Gasteiger partial charge in [-0.2, -0.15) is 0 Å². The number of benzene rings is 1. The second-order valence-electron chi connectivity index (χ2n) is 5.98. The van der Waals surface area contributed by atoms with Gasteiger partial charge < -0.3 is 4.74 Å². The Morgan fingerprint density at radius 2 is 2.05 bits per heavy atom. The number of pyridine rings is 1. The van der Waals surface area contributed by atoms with Crippen LogP contribution in [0.25, 0.3) is 0 Å². The van der Waals surface area contributed by atoms with Crippen molar-refractivity contribution < 1.29 is 4.74 Å². The van der Waals surface area contributed by atoms with Crippen molar-refractivity contribution in [3.05, 3.63) is 59.9 Å². The Kier molecular flexibility index (Phi) is 5.07. The quantitative estimate of drug-likeness (QED) is 0.833. The molecule has 1 aromatic heterocycles. The third-order valence-corrected chi connectivity index (χ3v) is 4.11. The van der Waals surface area contributed by atoms with Crippen LogP contribution in [0.5, 0.6) is 5.75 Å². The summed E-state index contributed by atoms with van der Waals surface area (Å²) in [6, 6.07) is 14.5. The van der Waals surface area contributed by atoms with Gasteiger partial charge in [0.25, 0.3) is 0 Å². The van der Waals surface area contributed by atoms with Crippen molar-refractivity contribution in [1.82, 2.24) is 9.88 Å². The van der Waals surface area contributed by atoms with E-state index in [0.717, 1.165) is 37.5 Å². The maximum Gasteiger partial charge on any atom is 0.124 e. The number of ether oxygens (including phenoxy) is 1. The van der Waals surface area contributed by atoms with E-state index in [1.807, 2.05) is 12.3 Å². The number of unbranched alkanes of at least 4 members (excludes halogenated alkanes) is 1. The molecule has 1 atom stereocenters. The van der Waals surface area contributed by atoms with Gasteiger partial charge in [0.2, 0.25) is 0 Å². The molecule has 0 fully saturated rings. The van der Waals surface area contributed by atoms with Gasteiger partial charge in [-0.15, -0.1) is 0 Å². The highest BCUT2D eigenvalue weighted by Crippen LogP contribution is 2.27. The Balaban J connectivity index is 1.77. The number of fused-ring (bicyclic) bond motifs is 1. The minimum absolute atomic E-state index is 0.271. The molecule has 116 valence electrons. The van der Waals surface area contributed by atoms with Gasteiger partial charge in [-0.1, -0.05) is 37.6 Å². The first-order valence-corrected chi connectivity index (χ1v) is 8.22. The lowest BCUT2D eigenvalue weighted by Crippen LogP contribution is -2.32. The standard InChI is InChI=1S/C19H24N2O/c1-2-3-10-18-15-21(14-17-9-6-7-12-20-17)13-16-8-4-5-11-19(16)22-18/h4-9,11-12,18H,2-3,10,13-15H2,1H3. The Bertz CT molecular complexity index is 585. The first-order chi connectivity index (χ1) is 10.8. The zero-order valence-electron chi connectivity index (χ0n) is 13.2. The summed E-state index contributed by atoms with van der Waals surface area (Å²) in [5.74, 6) is 1.05. The van der Waals surface area contributed by atoms with Gasteiger partial charge >= 0.3 is 0 Å². The molecule has 0 N–H and O–H groups in total. The van der Waals surface area contributed by atoms with Gasteiger partial charge in [-0.05, 0) is 31.0 Å². The highest BCUT2D eigenvalue weighted by Gasteiger charge is 2.22. The Hall–Kier alpha value is -1.87. The van der Waals surface area contributed by atoms with Gasteiger partial charge in [-0.3, -0.25) is 9.88 Å². The molecule has 3 rings (SSSR count). The number of hydrogen-bond acceptors (Lipinski definition) is 3. The molecule has 22 heavy (non-hydrogen) atoms. The summed E-state index contributed by atoms with van der Waals surface area (Å²) in [4.78, 5) is 6.92. The van der Waals surface area contributed by atoms with Gasteiger partial charge in [0.15, 0.2) is 0 Å². The Morgan fingerprint density at radius 3 is 2.86 bits per heavy atom. The van der Waals surface area contributed by atoms with E-state index >= 15 is 0 Å². The molecule has 0 saturated carbocycles. The summed E-state index contributed by atoms with van der Waals surface area (Å²) in [5.41, 5.74) is 2.40. The maximum absolute atomic E-state index is 6.26. The summed E-state index contributed by atoms with van der Waals surface area (Å²) in [6.07, 6.45) is 5.68. The number of para-hydroxylation sites is 1. The average molecular weight is 296 g/mol. The predicted octanol–water partition coefficient (Wildman–Crippen LogP) is 4.04. The van der Waals surface area contributed by atoms with Crippen molar-refractivity contribution in [1.29, 1.82) is 0 Å². The lowest BCUT2D eigenvalue weighted by atomic mass is 10.1. The predicted molar refractivity (Wildman–Crippen MR) is 88.7 cm³/mol. The molecule has 1 aliphatic heterocycles. The van der Waals surface area contributed by atoms with Gasteiger partial charge in [0.1, 0.15) is 11.9 Å². The third-order valence-electron chi connectivity index (χ3n) is 4.11. The molecule has 1 aromatic carbocycles. The molecule has 0 spiro atoms. The van der Waals surface area contributed by atoms with Crippen molar-refractivity contribution in [2.24, 2.45) is 0 Å². The lowest BCUT2D eigenvalue weighted by Gasteiger charge is -2.23. The van der Waals surface area contributed by atoms with Crippen LogP contribution in [-0.4, -0.2) is 22.5 Å². The van der Waals surface area contributed by atoms with Crippen molar-refractivity contribution in [3.63, 3.8) is 0 Å². The highest BCUT2D eigenvalue weighted by molar-refractivity contribution is 5.34. The van der Waals surface area contributed by atoms with Crippen LogP contribution in [-0.2, 0) is 13.1 Å². The molecule has 3 heteroatoms. The largest absolute Gasteiger partial charge is 0.489 e. The summed E-state index contributed by atoms with van der Waals surface area (Å²) in [5, 5.41) is 0. The molecule has 2 aromatic rings. The normalized spacial score (nSPS) is 18.3. The van der Waals surface area contributed by atoms with E-state index in [9.17, 15) is 0 Å². The summed E-state index contributed by atoms with van der Waals surface area (Å²) in [6.45, 7) is 5.00. The molecule has 0 aliphatic carbocycles. The van der Waals surface area contributed by atoms with Crippen molar-refractivity contribution in [3.8, 4) is 5.75 Å². The highest BCUT2D eigenvalue weighted by atomic mass is 16.5. The van der Waals surface area contributed by atoms with E-state index in [1.165, 1.54) is 18.4 Å². The summed E-state index contributed by atoms with van der Waals surface area (Å²) < 4.78 is 6.26. The monoisotopic (exact) mass is 296 g/mol. The molecule has 0 saturated heterocycles. The van der Waals surface area contributed by atoms with Crippen LogP contribution in [0, 0.1) is 0 Å². The van der Waals surface area contributed by atoms with E-state index in [-0.39, 0.29) is 6.10 Å². The second-order valence-corrected chi connectivity index (χ2v) is 5.98. The van der Waals surface area contributed by atoms with Gasteiger partial charge in [-0.25, -0.2) is 0 Å². The molecule has 1 unspecified atom stereocenters. The van der Waals surface area contributed by atoms with Gasteiger partial charge in [0, 0.05) is 31.4 Å². The number of rotatable bonds is 5. The van der Waals surface area contributed by atoms with Crippen LogP contribution in [0.4, 0.5) is 0 Å². The summed E-state index contributed by atoms with van der Waals surface area (Å²) in [7, 11) is 0. The van der Waals surface area contributed by atoms with Crippen LogP contribution in [0.3, 0.4) is 0 Å². The van der Waals surface area contributed by atoms with Crippen molar-refractivity contribution in [2.75, 3.05) is 6.54 Å². The van der Waals surface area contributed by atoms with E-state index in [1.54, 1.807) is 0 Å². The maximum atomic E-state index is 6.26. The molecule has 2 heterocycles. The number of hydrogen-bond donors (Lipinski definition) is 0. The fraction of sp³-hybridized carbons (Fsp3) is 0.421. The minimum atomic E-state index is 0.271. The zero-order chi connectivity index (χ0) is 15.2. The van der Waals surface area contributed by atoms with E-state index in [0.29, 0.717) is 0 Å². The summed E-state index contributed by atoms with van der Waals surface area (Å²) >= 11 is 0. The fourth-order valence-corrected chi connectivity index (χ4v) is 2.98. The van der Waals surface area contributed by atoms with E-state index in [4.69, 9.17) is 4.74 Å². The van der Waals surface area contributed by atoms with E-state index in [2.05, 4.69) is 53.2 Å². The SMILES string of the molecule is CCCCC1CN(Cc2ccccn2)Cc2ccccc2O1. The molecule has 3 nitrogen and oxygen atoms in total. The molecular formula is C19H24N2O. The first kappa shape index (κ1) is 15.0. The number of aromatic nitrogens is 1. The first-order valence-electron chi connectivity index (χ1n) is 8.22. The van der Waals surface area contributed by atoms with Crippen LogP contribution in [0.1, 0.15) is 37.4 Å². The van der Waals surface area contributed by atoms with Crippen LogP contribution >= 0.6 is 0 Å².